The fourth-order valence-electron chi connectivity index (χ4n) is 1.27. The second-order valence-corrected chi connectivity index (χ2v) is 4.21. The molecular weight excluding hydrogens is 300 g/mol. The fraction of sp³-hybridized carbons (Fsp3) is 0.167. The van der Waals surface area contributed by atoms with E-state index in [2.05, 4.69) is 25.9 Å². The molecule has 0 aliphatic rings. The molecule has 0 atom stereocenters. The quantitative estimate of drug-likeness (QED) is 0.868. The Bertz CT molecular complexity index is 526. The molecule has 0 aliphatic carbocycles. The van der Waals surface area contributed by atoms with Crippen LogP contribution >= 0.6 is 15.9 Å². The van der Waals surface area contributed by atoms with E-state index in [9.17, 15) is 0 Å². The molecule has 1 heterocycles. The van der Waals surface area contributed by atoms with E-state index in [1.165, 1.54) is 14.2 Å². The van der Waals surface area contributed by atoms with Gasteiger partial charge in [0.25, 0.3) is 0 Å². The van der Waals surface area contributed by atoms with E-state index >= 15 is 0 Å². The van der Waals surface area contributed by atoms with Crippen LogP contribution in [0.5, 0.6) is 23.5 Å². The van der Waals surface area contributed by atoms with Gasteiger partial charge in [-0.3, -0.25) is 0 Å². The molecule has 0 spiro atoms. The maximum atomic E-state index is 5.53. The lowest BCUT2D eigenvalue weighted by atomic mass is 10.3. The first kappa shape index (κ1) is 12.6. The van der Waals surface area contributed by atoms with Crippen molar-refractivity contribution in [2.45, 2.75) is 0 Å². The molecule has 6 heteroatoms. The van der Waals surface area contributed by atoms with Crippen molar-refractivity contribution in [3.05, 3.63) is 34.8 Å². The molecule has 94 valence electrons. The highest BCUT2D eigenvalue weighted by Gasteiger charge is 2.07. The van der Waals surface area contributed by atoms with Crippen LogP contribution < -0.4 is 14.2 Å². The summed E-state index contributed by atoms with van der Waals surface area (Å²) < 4.78 is 16.5. The van der Waals surface area contributed by atoms with Gasteiger partial charge in [0.15, 0.2) is 0 Å². The molecule has 2 rings (SSSR count). The third kappa shape index (κ3) is 3.10. The molecule has 5 nitrogen and oxygen atoms in total. The Morgan fingerprint density at radius 1 is 1.00 bits per heavy atom. The number of hydrogen-bond donors (Lipinski definition) is 0. The van der Waals surface area contributed by atoms with Crippen molar-refractivity contribution < 1.29 is 14.2 Å². The van der Waals surface area contributed by atoms with Gasteiger partial charge < -0.3 is 14.2 Å². The van der Waals surface area contributed by atoms with Crippen LogP contribution in [0, 0.1) is 0 Å². The topological polar surface area (TPSA) is 53.5 Å². The number of benzene rings is 1. The molecule has 0 radical (unpaired) electrons. The molecule has 0 N–H and O–H groups in total. The maximum absolute atomic E-state index is 5.53. The van der Waals surface area contributed by atoms with Crippen LogP contribution in [0.3, 0.4) is 0 Å². The number of ether oxygens (including phenoxy) is 3. The van der Waals surface area contributed by atoms with Gasteiger partial charge >= 0.3 is 6.01 Å². The average molecular weight is 311 g/mol. The van der Waals surface area contributed by atoms with Crippen molar-refractivity contribution in [2.24, 2.45) is 0 Å². The van der Waals surface area contributed by atoms with Crippen molar-refractivity contribution in [3.63, 3.8) is 0 Å². The molecular formula is C12H11BrN2O3. The van der Waals surface area contributed by atoms with E-state index in [-0.39, 0.29) is 6.01 Å². The summed E-state index contributed by atoms with van der Waals surface area (Å²) in [6, 6.07) is 9.13. The zero-order valence-corrected chi connectivity index (χ0v) is 11.5. The average Bonchev–Trinajstić information content (AvgIpc) is 2.38. The smallest absolute Gasteiger partial charge is 0.328 e. The third-order valence-corrected chi connectivity index (χ3v) is 2.58. The van der Waals surface area contributed by atoms with Gasteiger partial charge in [-0.2, -0.15) is 9.97 Å². The molecule has 1 aromatic heterocycles. The molecule has 1 aromatic carbocycles. The Balaban J connectivity index is 2.28. The summed E-state index contributed by atoms with van der Waals surface area (Å²) in [5, 5.41) is 0. The summed E-state index contributed by atoms with van der Waals surface area (Å²) in [5.41, 5.74) is 0. The molecule has 18 heavy (non-hydrogen) atoms. The van der Waals surface area contributed by atoms with Crippen molar-refractivity contribution in [3.8, 4) is 23.5 Å². The van der Waals surface area contributed by atoms with Crippen LogP contribution in [-0.2, 0) is 0 Å². The number of halogens is 1. The summed E-state index contributed by atoms with van der Waals surface area (Å²) in [6.45, 7) is 0. The number of nitrogens with zero attached hydrogens (tertiary/aromatic N) is 2. The molecule has 0 unspecified atom stereocenters. The van der Waals surface area contributed by atoms with Gasteiger partial charge in [-0.25, -0.2) is 0 Å². The van der Waals surface area contributed by atoms with E-state index in [1.807, 2.05) is 18.2 Å². The number of hydrogen-bond acceptors (Lipinski definition) is 5. The number of aromatic nitrogens is 2. The molecule has 2 aromatic rings. The summed E-state index contributed by atoms with van der Waals surface area (Å²) in [4.78, 5) is 8.15. The Morgan fingerprint density at radius 3 is 2.22 bits per heavy atom. The molecule has 0 saturated heterocycles. The normalized spacial score (nSPS) is 9.94. The van der Waals surface area contributed by atoms with Crippen molar-refractivity contribution in [2.75, 3.05) is 14.2 Å². The van der Waals surface area contributed by atoms with Gasteiger partial charge in [0.2, 0.25) is 11.8 Å². The molecule has 0 bridgehead atoms. The van der Waals surface area contributed by atoms with Crippen LogP contribution in [0.2, 0.25) is 0 Å². The first-order valence-electron chi connectivity index (χ1n) is 5.12. The third-order valence-electron chi connectivity index (χ3n) is 2.08. The SMILES string of the molecule is COc1cc(OC)nc(Oc2cccc(Br)c2)n1. The van der Waals surface area contributed by atoms with Crippen molar-refractivity contribution >= 4 is 15.9 Å². The lowest BCUT2D eigenvalue weighted by Gasteiger charge is -2.07. The van der Waals surface area contributed by atoms with Gasteiger partial charge in [0, 0.05) is 4.47 Å². The first-order valence-corrected chi connectivity index (χ1v) is 5.91. The fourth-order valence-corrected chi connectivity index (χ4v) is 1.65. The first-order chi connectivity index (χ1) is 8.71. The Morgan fingerprint density at radius 2 is 1.67 bits per heavy atom. The minimum Gasteiger partial charge on any atom is -0.481 e. The predicted octanol–water partition coefficient (Wildman–Crippen LogP) is 3.05. The number of rotatable bonds is 4. The predicted molar refractivity (Wildman–Crippen MR) is 69.4 cm³/mol. The van der Waals surface area contributed by atoms with E-state index in [4.69, 9.17) is 14.2 Å². The zero-order valence-electron chi connectivity index (χ0n) is 9.88. The van der Waals surface area contributed by atoms with E-state index in [0.717, 1.165) is 4.47 Å². The molecule has 0 amide bonds. The van der Waals surface area contributed by atoms with Gasteiger partial charge in [-0.15, -0.1) is 0 Å². The summed E-state index contributed by atoms with van der Waals surface area (Å²) in [7, 11) is 3.04. The van der Waals surface area contributed by atoms with Gasteiger partial charge in [-0.1, -0.05) is 22.0 Å². The highest BCUT2D eigenvalue weighted by Crippen LogP contribution is 2.25. The Hall–Kier alpha value is -1.82. The van der Waals surface area contributed by atoms with Crippen LogP contribution in [0.4, 0.5) is 0 Å². The summed E-state index contributed by atoms with van der Waals surface area (Å²) in [6.07, 6.45) is 0. The van der Waals surface area contributed by atoms with Crippen LogP contribution in [0.1, 0.15) is 0 Å². The minimum atomic E-state index is 0.171. The van der Waals surface area contributed by atoms with E-state index in [1.54, 1.807) is 12.1 Å². The number of methoxy groups -OCH3 is 2. The van der Waals surface area contributed by atoms with E-state index < -0.39 is 0 Å². The largest absolute Gasteiger partial charge is 0.481 e. The van der Waals surface area contributed by atoms with E-state index in [0.29, 0.717) is 17.5 Å². The highest BCUT2D eigenvalue weighted by atomic mass is 79.9. The highest BCUT2D eigenvalue weighted by molar-refractivity contribution is 9.10. The molecule has 0 saturated carbocycles. The van der Waals surface area contributed by atoms with Crippen LogP contribution in [0.15, 0.2) is 34.8 Å². The minimum absolute atomic E-state index is 0.171. The van der Waals surface area contributed by atoms with Crippen molar-refractivity contribution in [1.29, 1.82) is 0 Å². The van der Waals surface area contributed by atoms with Crippen molar-refractivity contribution in [1.82, 2.24) is 9.97 Å². The summed E-state index contributed by atoms with van der Waals surface area (Å²) >= 11 is 3.36. The lowest BCUT2D eigenvalue weighted by molar-refractivity contribution is 0.348. The van der Waals surface area contributed by atoms with Crippen LogP contribution in [0.25, 0.3) is 0 Å². The van der Waals surface area contributed by atoms with Gasteiger partial charge in [0.1, 0.15) is 5.75 Å². The molecule has 0 aliphatic heterocycles. The Kier molecular flexibility index (Phi) is 3.99. The zero-order chi connectivity index (χ0) is 13.0. The van der Waals surface area contributed by atoms with Gasteiger partial charge in [0.05, 0.1) is 20.3 Å². The second kappa shape index (κ2) is 5.68. The Labute approximate surface area is 113 Å². The van der Waals surface area contributed by atoms with Crippen LogP contribution in [-0.4, -0.2) is 24.2 Å². The maximum Gasteiger partial charge on any atom is 0.328 e. The second-order valence-electron chi connectivity index (χ2n) is 3.29. The molecule has 0 fully saturated rings. The monoisotopic (exact) mass is 310 g/mol. The summed E-state index contributed by atoms with van der Waals surface area (Å²) in [5.74, 6) is 1.39. The van der Waals surface area contributed by atoms with Gasteiger partial charge in [-0.05, 0) is 18.2 Å². The standard InChI is InChI=1S/C12H11BrN2O3/c1-16-10-7-11(17-2)15-12(14-10)18-9-5-3-4-8(13)6-9/h3-7H,1-2H3. The lowest BCUT2D eigenvalue weighted by Crippen LogP contribution is -1.97.